The molecular weight excluding hydrogens is 642 g/mol. The number of ketones is 1. The number of Topliss-reactive ketones (excluding diaryl/α,β-unsaturated/α-hetero) is 1. The molecular formula is C34H26BrN3O7. The Bertz CT molecular complexity index is 1940. The number of aromatic nitrogens is 1. The van der Waals surface area contributed by atoms with Crippen LogP contribution in [0.25, 0.3) is 22.2 Å². The van der Waals surface area contributed by atoms with E-state index in [1.54, 1.807) is 43.3 Å². The minimum absolute atomic E-state index is 0.0598. The van der Waals surface area contributed by atoms with E-state index >= 15 is 0 Å². The summed E-state index contributed by atoms with van der Waals surface area (Å²) in [5.41, 5.74) is 3.34. The highest BCUT2D eigenvalue weighted by Gasteiger charge is 2.47. The number of aryl methyl sites for hydroxylation is 2. The first-order chi connectivity index (χ1) is 21.5. The average Bonchev–Trinajstić information content (AvgIpc) is 3.28. The molecule has 226 valence electrons. The van der Waals surface area contributed by atoms with Crippen molar-refractivity contribution in [2.24, 2.45) is 11.8 Å². The minimum Gasteiger partial charge on any atom is -0.454 e. The van der Waals surface area contributed by atoms with Crippen LogP contribution in [0.1, 0.15) is 44.7 Å². The lowest BCUT2D eigenvalue weighted by Crippen LogP contribution is -2.30. The third-order valence-corrected chi connectivity index (χ3v) is 8.74. The van der Waals surface area contributed by atoms with Gasteiger partial charge in [0.1, 0.15) is 0 Å². The molecule has 11 heteroatoms. The fourth-order valence-corrected chi connectivity index (χ4v) is 6.45. The number of imide groups is 1. The summed E-state index contributed by atoms with van der Waals surface area (Å²) < 4.78 is 6.14. The van der Waals surface area contributed by atoms with Gasteiger partial charge in [-0.15, -0.1) is 0 Å². The predicted octanol–water partition coefficient (Wildman–Crippen LogP) is 6.68. The van der Waals surface area contributed by atoms with E-state index < -0.39 is 23.3 Å². The van der Waals surface area contributed by atoms with Gasteiger partial charge in [0.05, 0.1) is 39.2 Å². The summed E-state index contributed by atoms with van der Waals surface area (Å²) in [6, 6.07) is 16.1. The first kappa shape index (κ1) is 30.0. The molecule has 0 saturated carbocycles. The lowest BCUT2D eigenvalue weighted by molar-refractivity contribution is -0.385. The number of hydrogen-bond donors (Lipinski definition) is 0. The Morgan fingerprint density at radius 2 is 1.62 bits per heavy atom. The Kier molecular flexibility index (Phi) is 7.88. The van der Waals surface area contributed by atoms with Crippen molar-refractivity contribution in [2.45, 2.75) is 26.7 Å². The van der Waals surface area contributed by atoms with Crippen molar-refractivity contribution >= 4 is 61.8 Å². The van der Waals surface area contributed by atoms with Gasteiger partial charge in [-0.3, -0.25) is 29.4 Å². The van der Waals surface area contributed by atoms with Gasteiger partial charge in [-0.2, -0.15) is 0 Å². The van der Waals surface area contributed by atoms with Gasteiger partial charge in [-0.05, 0) is 62.6 Å². The number of nitrogens with zero attached hydrogens (tertiary/aromatic N) is 3. The maximum absolute atomic E-state index is 13.4. The molecule has 2 unspecified atom stereocenters. The van der Waals surface area contributed by atoms with Crippen molar-refractivity contribution in [2.75, 3.05) is 11.5 Å². The number of allylic oxidation sites excluding steroid dienone is 2. The summed E-state index contributed by atoms with van der Waals surface area (Å²) in [5, 5.41) is 11.8. The molecule has 45 heavy (non-hydrogen) atoms. The number of halogens is 1. The number of hydrogen-bond acceptors (Lipinski definition) is 8. The first-order valence-corrected chi connectivity index (χ1v) is 15.0. The largest absolute Gasteiger partial charge is 0.454 e. The van der Waals surface area contributed by atoms with Gasteiger partial charge in [-0.25, -0.2) is 9.78 Å². The second-order valence-electron chi connectivity index (χ2n) is 11.1. The van der Waals surface area contributed by atoms with Crippen LogP contribution in [0.2, 0.25) is 0 Å². The van der Waals surface area contributed by atoms with E-state index in [4.69, 9.17) is 9.72 Å². The fourth-order valence-electron chi connectivity index (χ4n) is 5.88. The number of nitro groups is 1. The molecule has 2 atom stereocenters. The maximum Gasteiger partial charge on any atom is 0.339 e. The Balaban J connectivity index is 1.29. The molecule has 3 aromatic carbocycles. The van der Waals surface area contributed by atoms with E-state index in [1.807, 2.05) is 25.1 Å². The smallest absolute Gasteiger partial charge is 0.339 e. The summed E-state index contributed by atoms with van der Waals surface area (Å²) in [5.74, 6) is -2.43. The van der Waals surface area contributed by atoms with Gasteiger partial charge < -0.3 is 4.74 Å². The molecule has 1 saturated heterocycles. The molecule has 4 aromatic rings. The Hall–Kier alpha value is -5.03. The Morgan fingerprint density at radius 1 is 0.956 bits per heavy atom. The number of ether oxygens (including phenoxy) is 1. The second-order valence-corrected chi connectivity index (χ2v) is 12.1. The number of carbonyl (C=O) groups excluding carboxylic acids is 4. The molecule has 0 radical (unpaired) electrons. The van der Waals surface area contributed by atoms with Gasteiger partial charge in [-0.1, -0.05) is 52.3 Å². The van der Waals surface area contributed by atoms with Crippen LogP contribution in [0, 0.1) is 35.8 Å². The monoisotopic (exact) mass is 667 g/mol. The number of anilines is 1. The lowest BCUT2D eigenvalue weighted by atomic mass is 9.85. The van der Waals surface area contributed by atoms with Crippen LogP contribution < -0.4 is 4.90 Å². The van der Waals surface area contributed by atoms with Gasteiger partial charge in [0, 0.05) is 32.6 Å². The molecule has 2 amide bonds. The van der Waals surface area contributed by atoms with E-state index in [-0.39, 0.29) is 40.5 Å². The van der Waals surface area contributed by atoms with Gasteiger partial charge >= 0.3 is 5.97 Å². The number of amides is 2. The molecule has 1 aliphatic carbocycles. The highest BCUT2D eigenvalue weighted by atomic mass is 79.9. The lowest BCUT2D eigenvalue weighted by Gasteiger charge is -2.16. The van der Waals surface area contributed by atoms with Gasteiger partial charge in [0.15, 0.2) is 6.61 Å². The highest BCUT2D eigenvalue weighted by molar-refractivity contribution is 9.10. The number of nitro benzene ring substituents is 1. The van der Waals surface area contributed by atoms with Crippen LogP contribution in [0.5, 0.6) is 0 Å². The number of fused-ring (bicyclic) bond motifs is 2. The number of pyridine rings is 1. The van der Waals surface area contributed by atoms with Crippen molar-refractivity contribution < 1.29 is 28.8 Å². The minimum atomic E-state index is -0.766. The van der Waals surface area contributed by atoms with E-state index in [0.29, 0.717) is 46.3 Å². The number of esters is 1. The van der Waals surface area contributed by atoms with E-state index in [1.165, 1.54) is 23.1 Å². The SMILES string of the molecule is Cc1ccc(C(=O)COC(=O)c2cc(-c3ccc(N4C(=O)C5CC=CCC5C4=O)cc3)nc3c(C)cc(Br)cc23)cc1[N+](=O)[O-]. The van der Waals surface area contributed by atoms with Crippen molar-refractivity contribution in [1.82, 2.24) is 4.98 Å². The average molecular weight is 669 g/mol. The standard InChI is InChI=1S/C34H26BrN3O7/c1-18-7-8-21(14-29(18)38(43)44)30(39)17-45-34(42)27-16-28(36-31-19(2)13-22(35)15-26(27)31)20-9-11-23(12-10-20)37-32(40)24-5-3-4-6-25(24)33(37)41/h3-4,7-16,24-25H,5-6,17H2,1-2H3. The zero-order valence-corrected chi connectivity index (χ0v) is 25.9. The maximum atomic E-state index is 13.4. The molecule has 1 aromatic heterocycles. The van der Waals surface area contributed by atoms with Crippen molar-refractivity contribution in [3.8, 4) is 11.3 Å². The van der Waals surface area contributed by atoms with Crippen LogP contribution in [0.3, 0.4) is 0 Å². The normalized spacial score (nSPS) is 17.4. The number of carbonyl (C=O) groups is 4. The summed E-state index contributed by atoms with van der Waals surface area (Å²) >= 11 is 3.47. The van der Waals surface area contributed by atoms with Crippen LogP contribution in [-0.2, 0) is 14.3 Å². The van der Waals surface area contributed by atoms with Gasteiger partial charge in [0.25, 0.3) is 5.69 Å². The summed E-state index contributed by atoms with van der Waals surface area (Å²) in [7, 11) is 0. The van der Waals surface area contributed by atoms with Gasteiger partial charge in [0.2, 0.25) is 17.6 Å². The van der Waals surface area contributed by atoms with Crippen molar-refractivity contribution in [3.63, 3.8) is 0 Å². The molecule has 10 nitrogen and oxygen atoms in total. The van der Waals surface area contributed by atoms with Crippen LogP contribution >= 0.6 is 15.9 Å². The third-order valence-electron chi connectivity index (χ3n) is 8.28. The summed E-state index contributed by atoms with van der Waals surface area (Å²) in [4.78, 5) is 69.2. The topological polar surface area (TPSA) is 137 Å². The first-order valence-electron chi connectivity index (χ1n) is 14.2. The molecule has 6 rings (SSSR count). The molecule has 0 bridgehead atoms. The zero-order valence-electron chi connectivity index (χ0n) is 24.3. The predicted molar refractivity (Wildman–Crippen MR) is 170 cm³/mol. The molecule has 2 aliphatic rings. The third kappa shape index (κ3) is 5.55. The fraction of sp³-hybridized carbons (Fsp3) is 0.206. The summed E-state index contributed by atoms with van der Waals surface area (Å²) in [6.07, 6.45) is 4.99. The van der Waals surface area contributed by atoms with E-state index in [0.717, 1.165) is 10.0 Å². The molecule has 0 N–H and O–H groups in total. The van der Waals surface area contributed by atoms with E-state index in [2.05, 4.69) is 15.9 Å². The number of rotatable bonds is 7. The summed E-state index contributed by atoms with van der Waals surface area (Å²) in [6.45, 7) is 2.81. The highest BCUT2D eigenvalue weighted by Crippen LogP contribution is 2.38. The van der Waals surface area contributed by atoms with Crippen molar-refractivity contribution in [1.29, 1.82) is 0 Å². The molecule has 1 fully saturated rings. The Labute approximate surface area is 266 Å². The zero-order chi connectivity index (χ0) is 32.0. The molecule has 0 spiro atoms. The van der Waals surface area contributed by atoms with E-state index in [9.17, 15) is 29.3 Å². The van der Waals surface area contributed by atoms with Crippen molar-refractivity contribution in [3.05, 3.63) is 110 Å². The quantitative estimate of drug-likeness (QED) is 0.0531. The van der Waals surface area contributed by atoms with Crippen LogP contribution in [0.4, 0.5) is 11.4 Å². The number of benzene rings is 3. The van der Waals surface area contributed by atoms with Crippen LogP contribution in [0.15, 0.2) is 77.3 Å². The second kappa shape index (κ2) is 11.8. The Morgan fingerprint density at radius 3 is 2.27 bits per heavy atom. The molecule has 2 heterocycles. The molecule has 1 aliphatic heterocycles. The van der Waals surface area contributed by atoms with Crippen LogP contribution in [-0.4, -0.2) is 40.1 Å².